The van der Waals surface area contributed by atoms with Crippen molar-refractivity contribution in [2.45, 2.75) is 44.3 Å². The second-order valence-corrected chi connectivity index (χ2v) is 8.05. The van der Waals surface area contributed by atoms with Crippen molar-refractivity contribution in [3.05, 3.63) is 0 Å². The van der Waals surface area contributed by atoms with E-state index >= 15 is 0 Å². The lowest BCUT2D eigenvalue weighted by Crippen LogP contribution is -2.51. The van der Waals surface area contributed by atoms with Gasteiger partial charge in [0.2, 0.25) is 0 Å². The molecule has 2 aliphatic heterocycles. The van der Waals surface area contributed by atoms with Crippen LogP contribution in [0.5, 0.6) is 0 Å². The van der Waals surface area contributed by atoms with Gasteiger partial charge in [-0.15, -0.1) is 0 Å². The lowest BCUT2D eigenvalue weighted by molar-refractivity contribution is 0.0779. The minimum Gasteiger partial charge on any atom is -0.381 e. The number of nitrogens with one attached hydrogen (secondary N) is 1. The molecule has 0 saturated carbocycles. The summed E-state index contributed by atoms with van der Waals surface area (Å²) in [6.07, 6.45) is 4.92. The van der Waals surface area contributed by atoms with E-state index in [1.165, 1.54) is 18.6 Å². The minimum absolute atomic E-state index is 0.324. The van der Waals surface area contributed by atoms with Gasteiger partial charge in [0.25, 0.3) is 0 Å². The minimum atomic E-state index is 0.324. The average molecular weight is 314 g/mol. The molecule has 1 N–H and O–H groups in total. The monoisotopic (exact) mass is 313 g/mol. The molecule has 0 spiro atoms. The predicted molar refractivity (Wildman–Crippen MR) is 92.2 cm³/mol. The fourth-order valence-corrected chi connectivity index (χ4v) is 4.62. The van der Waals surface area contributed by atoms with Gasteiger partial charge in [-0.25, -0.2) is 0 Å². The Labute approximate surface area is 134 Å². The summed E-state index contributed by atoms with van der Waals surface area (Å²) in [6, 6.07) is 0. The van der Waals surface area contributed by atoms with Crippen molar-refractivity contribution in [3.8, 4) is 0 Å². The van der Waals surface area contributed by atoms with Gasteiger partial charge >= 0.3 is 0 Å². The van der Waals surface area contributed by atoms with Gasteiger partial charge in [0.05, 0.1) is 0 Å². The zero-order chi connectivity index (χ0) is 15.1. The molecule has 5 heteroatoms. The van der Waals surface area contributed by atoms with Crippen molar-refractivity contribution in [2.75, 3.05) is 45.6 Å². The quantitative estimate of drug-likeness (QED) is 0.639. The summed E-state index contributed by atoms with van der Waals surface area (Å²) in [5.74, 6) is 3.03. The highest BCUT2D eigenvalue weighted by molar-refractivity contribution is 8.00. The Morgan fingerprint density at radius 1 is 1.43 bits per heavy atom. The van der Waals surface area contributed by atoms with Crippen molar-refractivity contribution in [1.29, 1.82) is 0 Å². The van der Waals surface area contributed by atoms with Crippen molar-refractivity contribution < 1.29 is 4.74 Å². The lowest BCUT2D eigenvalue weighted by Gasteiger charge is -2.39. The van der Waals surface area contributed by atoms with E-state index < -0.39 is 0 Å². The van der Waals surface area contributed by atoms with E-state index in [1.54, 1.807) is 0 Å². The molecule has 0 bridgehead atoms. The molecular formula is C16H31N3OS. The van der Waals surface area contributed by atoms with Gasteiger partial charge in [-0.05, 0) is 37.4 Å². The van der Waals surface area contributed by atoms with Crippen LogP contribution in [0, 0.1) is 5.92 Å². The summed E-state index contributed by atoms with van der Waals surface area (Å²) >= 11 is 2.08. The smallest absolute Gasteiger partial charge is 0.193 e. The standard InChI is InChI=1S/C16H31N3OS/c1-4-21-16(7-10-20-11-8-16)13-18-15(17-3)19-9-5-6-14(2)12-19/h14H,4-13H2,1-3H3,(H,17,18). The van der Waals surface area contributed by atoms with Crippen LogP contribution >= 0.6 is 11.8 Å². The number of rotatable bonds is 4. The fourth-order valence-electron chi connectivity index (χ4n) is 3.38. The van der Waals surface area contributed by atoms with Crippen LogP contribution < -0.4 is 5.32 Å². The molecule has 2 heterocycles. The number of likely N-dealkylation sites (tertiary alicyclic amines) is 1. The molecule has 2 saturated heterocycles. The first-order chi connectivity index (χ1) is 10.2. The van der Waals surface area contributed by atoms with Crippen LogP contribution in [0.25, 0.3) is 0 Å². The number of hydrogen-bond donors (Lipinski definition) is 1. The van der Waals surface area contributed by atoms with Crippen LogP contribution in [0.2, 0.25) is 0 Å². The first-order valence-electron chi connectivity index (χ1n) is 8.36. The molecule has 0 aliphatic carbocycles. The number of piperidine rings is 1. The summed E-state index contributed by atoms with van der Waals surface area (Å²) in [7, 11) is 1.91. The maximum absolute atomic E-state index is 5.55. The Morgan fingerprint density at radius 3 is 2.81 bits per heavy atom. The average Bonchev–Trinajstić information content (AvgIpc) is 2.49. The summed E-state index contributed by atoms with van der Waals surface area (Å²) in [5, 5.41) is 3.65. The molecule has 0 aromatic rings. The molecular weight excluding hydrogens is 282 g/mol. The number of aliphatic imine (C=N–C) groups is 1. The van der Waals surface area contributed by atoms with Crippen LogP contribution in [0.4, 0.5) is 0 Å². The summed E-state index contributed by atoms with van der Waals surface area (Å²) in [5.41, 5.74) is 0. The van der Waals surface area contributed by atoms with E-state index in [1.807, 2.05) is 7.05 Å². The predicted octanol–water partition coefficient (Wildman–Crippen LogP) is 2.60. The maximum atomic E-state index is 5.55. The van der Waals surface area contributed by atoms with Crippen molar-refractivity contribution in [1.82, 2.24) is 10.2 Å². The molecule has 1 atom stereocenters. The lowest BCUT2D eigenvalue weighted by atomic mass is 9.98. The zero-order valence-electron chi connectivity index (χ0n) is 13.9. The molecule has 0 aromatic carbocycles. The van der Waals surface area contributed by atoms with Gasteiger partial charge in [0.15, 0.2) is 5.96 Å². The van der Waals surface area contributed by atoms with Crippen molar-refractivity contribution in [3.63, 3.8) is 0 Å². The third-order valence-electron chi connectivity index (χ3n) is 4.59. The Balaban J connectivity index is 1.91. The summed E-state index contributed by atoms with van der Waals surface area (Å²) in [4.78, 5) is 6.94. The number of hydrogen-bond acceptors (Lipinski definition) is 3. The van der Waals surface area contributed by atoms with E-state index in [4.69, 9.17) is 4.74 Å². The second kappa shape index (κ2) is 8.28. The topological polar surface area (TPSA) is 36.9 Å². The van der Waals surface area contributed by atoms with E-state index in [9.17, 15) is 0 Å². The van der Waals surface area contributed by atoms with Crippen LogP contribution in [0.3, 0.4) is 0 Å². The Bertz CT molecular complexity index is 337. The number of guanidine groups is 1. The van der Waals surface area contributed by atoms with E-state index in [-0.39, 0.29) is 0 Å². The highest BCUT2D eigenvalue weighted by Crippen LogP contribution is 2.34. The Kier molecular flexibility index (Phi) is 6.68. The van der Waals surface area contributed by atoms with Gasteiger partial charge in [0.1, 0.15) is 0 Å². The van der Waals surface area contributed by atoms with Crippen LogP contribution in [-0.4, -0.2) is 61.3 Å². The zero-order valence-corrected chi connectivity index (χ0v) is 14.7. The highest BCUT2D eigenvalue weighted by atomic mass is 32.2. The van der Waals surface area contributed by atoms with Crippen LogP contribution in [0.1, 0.15) is 39.5 Å². The molecule has 0 radical (unpaired) electrons. The van der Waals surface area contributed by atoms with Gasteiger partial charge in [-0.3, -0.25) is 4.99 Å². The van der Waals surface area contributed by atoms with E-state index in [0.717, 1.165) is 57.6 Å². The largest absolute Gasteiger partial charge is 0.381 e. The Morgan fingerprint density at radius 2 is 2.19 bits per heavy atom. The van der Waals surface area contributed by atoms with Crippen LogP contribution in [0.15, 0.2) is 4.99 Å². The fraction of sp³-hybridized carbons (Fsp3) is 0.938. The summed E-state index contributed by atoms with van der Waals surface area (Å²) < 4.78 is 5.88. The van der Waals surface area contributed by atoms with Gasteiger partial charge < -0.3 is 15.0 Å². The molecule has 1 unspecified atom stereocenters. The van der Waals surface area contributed by atoms with Gasteiger partial charge in [-0.2, -0.15) is 11.8 Å². The van der Waals surface area contributed by atoms with Gasteiger partial charge in [0, 0.05) is 44.6 Å². The molecule has 122 valence electrons. The summed E-state index contributed by atoms with van der Waals surface area (Å²) in [6.45, 7) is 9.67. The normalized spacial score (nSPS) is 26.7. The molecule has 2 aliphatic rings. The molecule has 21 heavy (non-hydrogen) atoms. The second-order valence-electron chi connectivity index (χ2n) is 6.32. The van der Waals surface area contributed by atoms with Crippen molar-refractivity contribution >= 4 is 17.7 Å². The third kappa shape index (κ3) is 4.78. The van der Waals surface area contributed by atoms with E-state index in [0.29, 0.717) is 4.75 Å². The molecule has 0 aromatic heterocycles. The van der Waals surface area contributed by atoms with Crippen LogP contribution in [-0.2, 0) is 4.74 Å². The maximum Gasteiger partial charge on any atom is 0.193 e. The molecule has 2 rings (SSSR count). The highest BCUT2D eigenvalue weighted by Gasteiger charge is 2.33. The Hall–Kier alpha value is -0.420. The number of thioether (sulfide) groups is 1. The van der Waals surface area contributed by atoms with E-state index in [2.05, 4.69) is 40.8 Å². The van der Waals surface area contributed by atoms with Crippen molar-refractivity contribution in [2.24, 2.45) is 10.9 Å². The SMILES string of the molecule is CCSC1(CNC(=NC)N2CCCC(C)C2)CCOCC1. The van der Waals surface area contributed by atoms with Gasteiger partial charge in [-0.1, -0.05) is 13.8 Å². The number of ether oxygens (including phenoxy) is 1. The first kappa shape index (κ1) is 16.9. The molecule has 2 fully saturated rings. The molecule has 4 nitrogen and oxygen atoms in total. The molecule has 0 amide bonds. The number of nitrogens with zero attached hydrogens (tertiary/aromatic N) is 2. The first-order valence-corrected chi connectivity index (χ1v) is 9.35. The third-order valence-corrected chi connectivity index (χ3v) is 6.05.